The van der Waals surface area contributed by atoms with Gasteiger partial charge in [0.15, 0.2) is 0 Å². The molecule has 2 heterocycles. The van der Waals surface area contributed by atoms with Gasteiger partial charge in [-0.3, -0.25) is 14.3 Å². The van der Waals surface area contributed by atoms with Crippen LogP contribution < -0.4 is 21.4 Å². The van der Waals surface area contributed by atoms with Gasteiger partial charge in [0.05, 0.1) is 18.7 Å². The number of ether oxygens (including phenoxy) is 1. The lowest BCUT2D eigenvalue weighted by Crippen LogP contribution is -2.44. The molecule has 4 rings (SSSR count). The molecular weight excluding hydrogens is 522 g/mol. The minimum Gasteiger partial charge on any atom is -0.481 e. The SMILES string of the molecule is Cc1ccc(Oc2ccc(Nc3nc(=O)n(C[C@H](C)C(=O)O)c(=O)n3Cc3ccc(C(O)(O)O)cc3)cc2)cn1. The predicted octanol–water partition coefficient (Wildman–Crippen LogP) is 1.50. The highest BCUT2D eigenvalue weighted by atomic mass is 16.7. The summed E-state index contributed by atoms with van der Waals surface area (Å²) in [5, 5.41) is 40.3. The molecule has 0 spiro atoms. The van der Waals surface area contributed by atoms with Crippen LogP contribution in [0.4, 0.5) is 11.6 Å². The fourth-order valence-electron chi connectivity index (χ4n) is 3.68. The van der Waals surface area contributed by atoms with E-state index in [0.29, 0.717) is 22.7 Å². The fraction of sp³-hybridized carbons (Fsp3) is 0.222. The zero-order chi connectivity index (χ0) is 29.0. The number of pyridine rings is 1. The van der Waals surface area contributed by atoms with E-state index in [1.807, 2.05) is 13.0 Å². The van der Waals surface area contributed by atoms with Crippen molar-refractivity contribution in [1.29, 1.82) is 0 Å². The number of hydrogen-bond donors (Lipinski definition) is 5. The summed E-state index contributed by atoms with van der Waals surface area (Å²) < 4.78 is 7.66. The molecule has 2 aromatic carbocycles. The number of nitrogens with zero attached hydrogens (tertiary/aromatic N) is 4. The third-order valence-corrected chi connectivity index (χ3v) is 5.94. The van der Waals surface area contributed by atoms with Gasteiger partial charge in [0.2, 0.25) is 5.95 Å². The monoisotopic (exact) mass is 549 g/mol. The standard InChI is InChI=1S/C27H27N5O8/c1-16(23(33)34)14-32-25(35)30-24(31(26(32)36)15-18-4-6-19(7-5-18)27(37,38)39)29-20-8-11-21(12-9-20)40-22-10-3-17(2)28-13-22/h3-13,16,37-39H,14-15H2,1-2H3,(H,33,34)(H,29,30,35)/t16-/m0/s1. The van der Waals surface area contributed by atoms with Crippen LogP contribution in [0.15, 0.2) is 76.4 Å². The van der Waals surface area contributed by atoms with Gasteiger partial charge in [-0.2, -0.15) is 4.98 Å². The topological polar surface area (TPSA) is 189 Å². The number of carbonyl (C=O) groups is 1. The van der Waals surface area contributed by atoms with E-state index in [2.05, 4.69) is 15.3 Å². The normalized spacial score (nSPS) is 12.1. The molecule has 208 valence electrons. The van der Waals surface area contributed by atoms with E-state index >= 15 is 0 Å². The van der Waals surface area contributed by atoms with Crippen LogP contribution in [0, 0.1) is 12.8 Å². The molecule has 13 nitrogen and oxygen atoms in total. The van der Waals surface area contributed by atoms with Gasteiger partial charge in [0.25, 0.3) is 0 Å². The molecule has 13 heteroatoms. The Morgan fingerprint density at radius 2 is 1.62 bits per heavy atom. The third kappa shape index (κ3) is 6.77. The van der Waals surface area contributed by atoms with Gasteiger partial charge in [-0.05, 0) is 48.9 Å². The lowest BCUT2D eigenvalue weighted by atomic mass is 10.1. The second kappa shape index (κ2) is 11.5. The minimum atomic E-state index is -3.03. The van der Waals surface area contributed by atoms with Crippen molar-refractivity contribution in [3.8, 4) is 11.5 Å². The zero-order valence-electron chi connectivity index (χ0n) is 21.6. The van der Waals surface area contributed by atoms with Gasteiger partial charge in [-0.15, -0.1) is 0 Å². The van der Waals surface area contributed by atoms with Crippen LogP contribution in [0.5, 0.6) is 11.5 Å². The largest absolute Gasteiger partial charge is 0.481 e. The maximum Gasteiger partial charge on any atom is 0.354 e. The van der Waals surface area contributed by atoms with E-state index in [4.69, 9.17) is 4.74 Å². The fourth-order valence-corrected chi connectivity index (χ4v) is 3.68. The summed E-state index contributed by atoms with van der Waals surface area (Å²) in [4.78, 5) is 45.7. The molecular formula is C27H27N5O8. The van der Waals surface area contributed by atoms with Gasteiger partial charge in [0, 0.05) is 23.5 Å². The summed E-state index contributed by atoms with van der Waals surface area (Å²) in [5.74, 6) is -4.27. The van der Waals surface area contributed by atoms with Crippen LogP contribution in [-0.2, 0) is 23.9 Å². The highest BCUT2D eigenvalue weighted by Crippen LogP contribution is 2.24. The number of aliphatic carboxylic acids is 1. The Hall–Kier alpha value is -4.85. The van der Waals surface area contributed by atoms with Gasteiger partial charge >= 0.3 is 23.3 Å². The van der Waals surface area contributed by atoms with E-state index in [9.17, 15) is 34.8 Å². The van der Waals surface area contributed by atoms with Crippen molar-refractivity contribution in [1.82, 2.24) is 19.1 Å². The minimum absolute atomic E-state index is 0.101. The lowest BCUT2D eigenvalue weighted by Gasteiger charge is -2.18. The Morgan fingerprint density at radius 3 is 2.20 bits per heavy atom. The first kappa shape index (κ1) is 28.2. The molecule has 0 saturated heterocycles. The maximum atomic E-state index is 13.4. The van der Waals surface area contributed by atoms with Gasteiger partial charge in [-0.25, -0.2) is 14.2 Å². The molecule has 0 bridgehead atoms. The second-order valence-corrected chi connectivity index (χ2v) is 9.16. The van der Waals surface area contributed by atoms with Crippen LogP contribution in [0.25, 0.3) is 0 Å². The number of hydrogen-bond acceptors (Lipinski definition) is 10. The quantitative estimate of drug-likeness (QED) is 0.180. The number of aryl methyl sites for hydroxylation is 1. The molecule has 0 radical (unpaired) electrons. The molecule has 5 N–H and O–H groups in total. The van der Waals surface area contributed by atoms with Gasteiger partial charge < -0.3 is 30.5 Å². The van der Waals surface area contributed by atoms with Crippen LogP contribution in [0.3, 0.4) is 0 Å². The molecule has 1 atom stereocenters. The van der Waals surface area contributed by atoms with Crippen molar-refractivity contribution in [2.24, 2.45) is 5.92 Å². The van der Waals surface area contributed by atoms with Crippen molar-refractivity contribution in [2.75, 3.05) is 5.32 Å². The Bertz CT molecular complexity index is 1610. The van der Waals surface area contributed by atoms with Crippen LogP contribution in [0.1, 0.15) is 23.7 Å². The smallest absolute Gasteiger partial charge is 0.354 e. The van der Waals surface area contributed by atoms with E-state index in [1.54, 1.807) is 36.5 Å². The molecule has 4 aromatic rings. The number of anilines is 2. The molecule has 0 aliphatic heterocycles. The number of aliphatic hydroxyl groups is 3. The molecule has 0 saturated carbocycles. The van der Waals surface area contributed by atoms with Crippen molar-refractivity contribution < 1.29 is 30.0 Å². The number of rotatable bonds is 10. The number of aromatic nitrogens is 4. The third-order valence-electron chi connectivity index (χ3n) is 5.94. The average Bonchev–Trinajstić information content (AvgIpc) is 2.90. The van der Waals surface area contributed by atoms with Gasteiger partial charge in [0.1, 0.15) is 11.5 Å². The number of carboxylic acid groups (broad SMARTS) is 1. The Balaban J connectivity index is 1.66. The van der Waals surface area contributed by atoms with E-state index < -0.39 is 29.2 Å². The maximum absolute atomic E-state index is 13.4. The van der Waals surface area contributed by atoms with E-state index in [0.717, 1.165) is 14.8 Å². The van der Waals surface area contributed by atoms with Crippen molar-refractivity contribution in [3.05, 3.63) is 105 Å². The van der Waals surface area contributed by atoms with E-state index in [-0.39, 0.29) is 24.6 Å². The van der Waals surface area contributed by atoms with Crippen molar-refractivity contribution >= 4 is 17.6 Å². The number of benzene rings is 2. The molecule has 0 aliphatic rings. The van der Waals surface area contributed by atoms with Crippen LogP contribution in [-0.4, -0.2) is 45.5 Å². The summed E-state index contributed by atoms with van der Waals surface area (Å²) in [6, 6.07) is 15.7. The Labute approximate surface area is 227 Å². The number of carboxylic acids is 1. The molecule has 0 fully saturated rings. The first-order chi connectivity index (χ1) is 18.9. The summed E-state index contributed by atoms with van der Waals surface area (Å²) in [6.45, 7) is 2.72. The zero-order valence-corrected chi connectivity index (χ0v) is 21.6. The molecule has 40 heavy (non-hydrogen) atoms. The lowest BCUT2D eigenvalue weighted by molar-refractivity contribution is -0.323. The van der Waals surface area contributed by atoms with Gasteiger partial charge in [-0.1, -0.05) is 31.2 Å². The summed E-state index contributed by atoms with van der Waals surface area (Å²) in [5.41, 5.74) is -0.0935. The second-order valence-electron chi connectivity index (χ2n) is 9.16. The number of nitrogens with one attached hydrogen (secondary N) is 1. The first-order valence-corrected chi connectivity index (χ1v) is 12.1. The predicted molar refractivity (Wildman–Crippen MR) is 142 cm³/mol. The highest BCUT2D eigenvalue weighted by molar-refractivity contribution is 5.69. The summed E-state index contributed by atoms with van der Waals surface area (Å²) >= 11 is 0. The van der Waals surface area contributed by atoms with Crippen molar-refractivity contribution in [2.45, 2.75) is 32.9 Å². The average molecular weight is 550 g/mol. The van der Waals surface area contributed by atoms with Crippen molar-refractivity contribution in [3.63, 3.8) is 0 Å². The van der Waals surface area contributed by atoms with Crippen LogP contribution in [0.2, 0.25) is 0 Å². The first-order valence-electron chi connectivity index (χ1n) is 12.1. The van der Waals surface area contributed by atoms with Crippen LogP contribution >= 0.6 is 0 Å². The molecule has 2 aromatic heterocycles. The molecule has 0 amide bonds. The molecule has 0 unspecified atom stereocenters. The highest BCUT2D eigenvalue weighted by Gasteiger charge is 2.22. The Kier molecular flexibility index (Phi) is 8.09. The summed E-state index contributed by atoms with van der Waals surface area (Å²) in [6.07, 6.45) is 1.60. The Morgan fingerprint density at radius 1 is 0.975 bits per heavy atom. The summed E-state index contributed by atoms with van der Waals surface area (Å²) in [7, 11) is 0. The van der Waals surface area contributed by atoms with E-state index in [1.165, 1.54) is 31.2 Å². The molecule has 0 aliphatic carbocycles.